The fourth-order valence-electron chi connectivity index (χ4n) is 2.43. The molecule has 0 radical (unpaired) electrons. The summed E-state index contributed by atoms with van der Waals surface area (Å²) >= 11 is 0. The Balaban J connectivity index is 2.11. The number of nitrogens with zero attached hydrogens (tertiary/aromatic N) is 1. The number of sulfonamides is 1. The highest BCUT2D eigenvalue weighted by Crippen LogP contribution is 2.27. The van der Waals surface area contributed by atoms with Gasteiger partial charge in [-0.1, -0.05) is 0 Å². The summed E-state index contributed by atoms with van der Waals surface area (Å²) in [6, 6.07) is 4.25. The highest BCUT2D eigenvalue weighted by molar-refractivity contribution is 7.89. The van der Waals surface area contributed by atoms with Gasteiger partial charge in [-0.25, -0.2) is 13.1 Å². The largest absolute Gasteiger partial charge is 0.398 e. The second-order valence-corrected chi connectivity index (χ2v) is 7.81. The molecule has 1 atom stereocenters. The van der Waals surface area contributed by atoms with Crippen molar-refractivity contribution in [1.29, 1.82) is 0 Å². The minimum Gasteiger partial charge on any atom is -0.398 e. The molecule has 0 spiro atoms. The molecule has 1 aliphatic rings. The predicted molar refractivity (Wildman–Crippen MR) is 85.8 cm³/mol. The molecule has 2 rings (SSSR count). The van der Waals surface area contributed by atoms with E-state index in [-0.39, 0.29) is 10.9 Å². The number of likely N-dealkylation sites (N-methyl/N-ethyl adjacent to an activating group) is 1. The van der Waals surface area contributed by atoms with Crippen molar-refractivity contribution in [2.45, 2.75) is 50.6 Å². The number of rotatable bonds is 6. The summed E-state index contributed by atoms with van der Waals surface area (Å²) in [6.45, 7) is 6.03. The molecular formula is C15H25N3O2S. The van der Waals surface area contributed by atoms with Crippen molar-refractivity contribution in [2.24, 2.45) is 0 Å². The summed E-state index contributed by atoms with van der Waals surface area (Å²) in [4.78, 5) is 2.52. The lowest BCUT2D eigenvalue weighted by molar-refractivity contribution is 0.248. The Hall–Kier alpha value is -1.11. The van der Waals surface area contributed by atoms with Crippen LogP contribution in [0.1, 0.15) is 30.9 Å². The maximum Gasteiger partial charge on any atom is 0.240 e. The monoisotopic (exact) mass is 311 g/mol. The van der Waals surface area contributed by atoms with Gasteiger partial charge in [0.2, 0.25) is 10.0 Å². The third-order valence-corrected chi connectivity index (χ3v) is 5.77. The first-order chi connectivity index (χ1) is 9.72. The van der Waals surface area contributed by atoms with Crippen LogP contribution in [0, 0.1) is 13.8 Å². The molecule has 1 fully saturated rings. The minimum absolute atomic E-state index is 0.176. The quantitative estimate of drug-likeness (QED) is 0.783. The van der Waals surface area contributed by atoms with Crippen LogP contribution < -0.4 is 10.5 Å². The predicted octanol–water partition coefficient (Wildman–Crippen LogP) is 1.65. The summed E-state index contributed by atoms with van der Waals surface area (Å²) in [5, 5.41) is 0. The molecule has 0 saturated heterocycles. The first-order valence-electron chi connectivity index (χ1n) is 7.30. The Labute approximate surface area is 127 Å². The van der Waals surface area contributed by atoms with Crippen molar-refractivity contribution >= 4 is 15.7 Å². The first-order valence-corrected chi connectivity index (χ1v) is 8.79. The molecule has 3 N–H and O–H groups in total. The average Bonchev–Trinajstić information content (AvgIpc) is 3.23. The van der Waals surface area contributed by atoms with Crippen LogP contribution in [0.25, 0.3) is 0 Å². The van der Waals surface area contributed by atoms with E-state index >= 15 is 0 Å². The smallest absolute Gasteiger partial charge is 0.240 e. The van der Waals surface area contributed by atoms with E-state index in [2.05, 4.69) is 9.62 Å². The van der Waals surface area contributed by atoms with Gasteiger partial charge in [0.1, 0.15) is 0 Å². The molecular weight excluding hydrogens is 286 g/mol. The van der Waals surface area contributed by atoms with Crippen LogP contribution in [-0.4, -0.2) is 39.0 Å². The van der Waals surface area contributed by atoms with Gasteiger partial charge >= 0.3 is 0 Å². The molecule has 21 heavy (non-hydrogen) atoms. The van der Waals surface area contributed by atoms with Gasteiger partial charge in [-0.15, -0.1) is 0 Å². The summed E-state index contributed by atoms with van der Waals surface area (Å²) in [6.07, 6.45) is 2.42. The number of hydrogen-bond acceptors (Lipinski definition) is 4. The molecule has 0 heterocycles. The number of anilines is 1. The third-order valence-electron chi connectivity index (χ3n) is 4.22. The molecule has 1 aromatic carbocycles. The minimum atomic E-state index is -3.53. The van der Waals surface area contributed by atoms with Crippen molar-refractivity contribution in [3.63, 3.8) is 0 Å². The van der Waals surface area contributed by atoms with Crippen LogP contribution in [0.5, 0.6) is 0 Å². The zero-order valence-electron chi connectivity index (χ0n) is 13.2. The van der Waals surface area contributed by atoms with E-state index in [1.54, 1.807) is 19.1 Å². The molecule has 6 heteroatoms. The molecule has 5 nitrogen and oxygen atoms in total. The average molecular weight is 311 g/mol. The van der Waals surface area contributed by atoms with Gasteiger partial charge in [-0.2, -0.15) is 0 Å². The van der Waals surface area contributed by atoms with E-state index in [9.17, 15) is 8.42 Å². The maximum atomic E-state index is 12.5. The first kappa shape index (κ1) is 16.3. The maximum absolute atomic E-state index is 12.5. The number of nitrogens with two attached hydrogens (primary N) is 1. The molecule has 118 valence electrons. The Bertz CT molecular complexity index is 624. The number of nitrogens with one attached hydrogen (secondary N) is 1. The highest BCUT2D eigenvalue weighted by Gasteiger charge is 2.29. The second kappa shape index (κ2) is 5.94. The highest BCUT2D eigenvalue weighted by atomic mass is 32.2. The second-order valence-electron chi connectivity index (χ2n) is 6.07. The third kappa shape index (κ3) is 3.75. The summed E-state index contributed by atoms with van der Waals surface area (Å²) in [5.74, 6) is 0. The van der Waals surface area contributed by atoms with Crippen LogP contribution in [0.4, 0.5) is 5.69 Å². The van der Waals surface area contributed by atoms with Crippen LogP contribution in [-0.2, 0) is 10.0 Å². The van der Waals surface area contributed by atoms with Crippen molar-refractivity contribution in [3.05, 3.63) is 23.3 Å². The van der Waals surface area contributed by atoms with Crippen LogP contribution in [0.15, 0.2) is 17.0 Å². The molecule has 1 unspecified atom stereocenters. The molecule has 1 saturated carbocycles. The summed E-state index contributed by atoms with van der Waals surface area (Å²) in [7, 11) is -1.48. The molecule has 1 aromatic rings. The van der Waals surface area contributed by atoms with Gasteiger partial charge in [-0.05, 0) is 63.9 Å². The van der Waals surface area contributed by atoms with Crippen molar-refractivity contribution < 1.29 is 8.42 Å². The number of hydrogen-bond donors (Lipinski definition) is 2. The fourth-order valence-corrected chi connectivity index (χ4v) is 3.90. The Morgan fingerprint density at radius 2 is 2.00 bits per heavy atom. The zero-order chi connectivity index (χ0) is 15.8. The van der Waals surface area contributed by atoms with Gasteiger partial charge in [0, 0.05) is 24.3 Å². The lowest BCUT2D eigenvalue weighted by Gasteiger charge is -2.24. The van der Waals surface area contributed by atoms with E-state index < -0.39 is 10.0 Å². The summed E-state index contributed by atoms with van der Waals surface area (Å²) in [5.41, 5.74) is 7.84. The lowest BCUT2D eigenvalue weighted by Crippen LogP contribution is -2.41. The van der Waals surface area contributed by atoms with Crippen molar-refractivity contribution in [1.82, 2.24) is 9.62 Å². The van der Waals surface area contributed by atoms with Gasteiger partial charge in [0.05, 0.1) is 4.90 Å². The molecule has 0 bridgehead atoms. The van der Waals surface area contributed by atoms with Crippen LogP contribution in [0.2, 0.25) is 0 Å². The van der Waals surface area contributed by atoms with E-state index in [0.717, 1.165) is 5.56 Å². The van der Waals surface area contributed by atoms with E-state index in [1.807, 2.05) is 20.9 Å². The molecule has 1 aliphatic carbocycles. The Morgan fingerprint density at radius 3 is 2.57 bits per heavy atom. The van der Waals surface area contributed by atoms with E-state index in [0.29, 0.717) is 23.8 Å². The van der Waals surface area contributed by atoms with Gasteiger partial charge in [-0.3, -0.25) is 4.90 Å². The van der Waals surface area contributed by atoms with Crippen molar-refractivity contribution in [2.75, 3.05) is 19.3 Å². The Kier molecular flexibility index (Phi) is 4.60. The van der Waals surface area contributed by atoms with Gasteiger partial charge in [0.25, 0.3) is 0 Å². The zero-order valence-corrected chi connectivity index (χ0v) is 14.0. The topological polar surface area (TPSA) is 75.4 Å². The normalized spacial score (nSPS) is 17.2. The molecule has 0 aliphatic heterocycles. The fraction of sp³-hybridized carbons (Fsp3) is 0.600. The number of benzene rings is 1. The van der Waals surface area contributed by atoms with Gasteiger partial charge < -0.3 is 5.73 Å². The summed E-state index contributed by atoms with van der Waals surface area (Å²) < 4.78 is 27.7. The molecule has 0 aromatic heterocycles. The standard InChI is InChI=1S/C15H25N3O2S/c1-10-7-14(16)12(3)15(8-10)21(19,20)17-9-11(2)18(4)13-5-6-13/h7-8,11,13,17H,5-6,9,16H2,1-4H3. The van der Waals surface area contributed by atoms with E-state index in [4.69, 9.17) is 5.73 Å². The van der Waals surface area contributed by atoms with Crippen LogP contribution >= 0.6 is 0 Å². The number of aryl methyl sites for hydroxylation is 1. The van der Waals surface area contributed by atoms with E-state index in [1.165, 1.54) is 12.8 Å². The molecule has 0 amide bonds. The van der Waals surface area contributed by atoms with Crippen LogP contribution in [0.3, 0.4) is 0 Å². The number of nitrogen functional groups attached to an aromatic ring is 1. The Morgan fingerprint density at radius 1 is 1.38 bits per heavy atom. The SMILES string of the molecule is Cc1cc(N)c(C)c(S(=O)(=O)NCC(C)N(C)C2CC2)c1. The van der Waals surface area contributed by atoms with Gasteiger partial charge in [0.15, 0.2) is 0 Å². The lowest BCUT2D eigenvalue weighted by atomic mass is 10.1. The van der Waals surface area contributed by atoms with Crippen molar-refractivity contribution in [3.8, 4) is 0 Å².